The average Bonchev–Trinajstić information content (AvgIpc) is 2.34. The minimum Gasteiger partial charge on any atom is -0.466 e. The molecule has 0 aliphatic rings. The first-order valence-corrected chi connectivity index (χ1v) is 5.59. The number of benzene rings is 1. The molecule has 1 rings (SSSR count). The lowest BCUT2D eigenvalue weighted by atomic mass is 10.1. The highest BCUT2D eigenvalue weighted by Crippen LogP contribution is 2.08. The number of carbonyl (C=O) groups is 1. The molecule has 4 nitrogen and oxygen atoms in total. The number of hydrogen-bond donors (Lipinski definition) is 1. The van der Waals surface area contributed by atoms with Gasteiger partial charge in [0, 0.05) is 18.5 Å². The van der Waals surface area contributed by atoms with Crippen molar-refractivity contribution < 1.29 is 9.53 Å². The second kappa shape index (κ2) is 7.29. The molecule has 0 bridgehead atoms. The van der Waals surface area contributed by atoms with Gasteiger partial charge in [-0.15, -0.1) is 0 Å². The number of nitriles is 1. The van der Waals surface area contributed by atoms with E-state index in [0.29, 0.717) is 38.0 Å². The third-order valence-electron chi connectivity index (χ3n) is 2.29. The number of anilines is 1. The zero-order valence-corrected chi connectivity index (χ0v) is 9.69. The second-order valence-corrected chi connectivity index (χ2v) is 3.72. The molecule has 0 unspecified atom stereocenters. The summed E-state index contributed by atoms with van der Waals surface area (Å²) in [5.74, 6) is -0.222. The number of aryl methyl sites for hydroxylation is 1. The van der Waals surface area contributed by atoms with Gasteiger partial charge >= 0.3 is 5.97 Å². The Balaban J connectivity index is 2.19. The van der Waals surface area contributed by atoms with Crippen LogP contribution in [0.3, 0.4) is 0 Å². The van der Waals surface area contributed by atoms with Gasteiger partial charge in [0.25, 0.3) is 0 Å². The largest absolute Gasteiger partial charge is 0.466 e. The van der Waals surface area contributed by atoms with Gasteiger partial charge < -0.3 is 10.5 Å². The zero-order chi connectivity index (χ0) is 12.5. The summed E-state index contributed by atoms with van der Waals surface area (Å²) in [6.45, 7) is 0.328. The molecule has 0 fully saturated rings. The topological polar surface area (TPSA) is 76.1 Å². The Bertz CT molecular complexity index is 393. The van der Waals surface area contributed by atoms with E-state index in [1.165, 1.54) is 0 Å². The molecule has 1 aromatic carbocycles. The summed E-state index contributed by atoms with van der Waals surface area (Å²) in [4.78, 5) is 11.3. The van der Waals surface area contributed by atoms with Crippen molar-refractivity contribution in [1.29, 1.82) is 5.26 Å². The quantitative estimate of drug-likeness (QED) is 0.462. The number of unbranched alkanes of at least 4 members (excludes halogenated alkanes) is 1. The van der Waals surface area contributed by atoms with Crippen molar-refractivity contribution in [2.45, 2.75) is 25.7 Å². The average molecular weight is 232 g/mol. The van der Waals surface area contributed by atoms with Crippen molar-refractivity contribution in [1.82, 2.24) is 0 Å². The van der Waals surface area contributed by atoms with Gasteiger partial charge in [0.15, 0.2) is 0 Å². The molecule has 0 aliphatic carbocycles. The first kappa shape index (κ1) is 13.0. The van der Waals surface area contributed by atoms with E-state index in [1.807, 2.05) is 30.3 Å². The smallest absolute Gasteiger partial charge is 0.306 e. The number of esters is 1. The van der Waals surface area contributed by atoms with Crippen LogP contribution < -0.4 is 5.73 Å². The third kappa shape index (κ3) is 5.57. The fraction of sp³-hybridized carbons (Fsp3) is 0.385. The molecular formula is C13H16N2O2. The highest BCUT2D eigenvalue weighted by molar-refractivity contribution is 5.69. The summed E-state index contributed by atoms with van der Waals surface area (Å²) in [5.41, 5.74) is 7.34. The molecule has 0 aliphatic heterocycles. The van der Waals surface area contributed by atoms with Crippen LogP contribution in [0.2, 0.25) is 0 Å². The maximum atomic E-state index is 11.3. The molecule has 2 N–H and O–H groups in total. The fourth-order valence-corrected chi connectivity index (χ4v) is 1.34. The second-order valence-electron chi connectivity index (χ2n) is 3.72. The van der Waals surface area contributed by atoms with Crippen LogP contribution in [0.5, 0.6) is 0 Å². The van der Waals surface area contributed by atoms with Crippen molar-refractivity contribution >= 4 is 11.7 Å². The molecule has 0 radical (unpaired) electrons. The lowest BCUT2D eigenvalue weighted by Gasteiger charge is -2.03. The number of nitrogens with zero attached hydrogens (tertiary/aromatic N) is 1. The Morgan fingerprint density at radius 2 is 2.06 bits per heavy atom. The summed E-state index contributed by atoms with van der Waals surface area (Å²) in [7, 11) is 0. The van der Waals surface area contributed by atoms with Crippen LogP contribution in [-0.4, -0.2) is 12.6 Å². The van der Waals surface area contributed by atoms with E-state index >= 15 is 0 Å². The van der Waals surface area contributed by atoms with Gasteiger partial charge in [0.1, 0.15) is 0 Å². The van der Waals surface area contributed by atoms with Crippen molar-refractivity contribution in [2.75, 3.05) is 12.3 Å². The number of ether oxygens (including phenoxy) is 1. The molecule has 4 heteroatoms. The molecule has 1 aromatic rings. The summed E-state index contributed by atoms with van der Waals surface area (Å²) in [6.07, 6.45) is 2.03. The van der Waals surface area contributed by atoms with Crippen LogP contribution in [-0.2, 0) is 16.0 Å². The van der Waals surface area contributed by atoms with Crippen molar-refractivity contribution in [3.05, 3.63) is 29.8 Å². The van der Waals surface area contributed by atoms with Gasteiger partial charge in [-0.25, -0.2) is 0 Å². The van der Waals surface area contributed by atoms with Gasteiger partial charge in [-0.1, -0.05) is 12.1 Å². The summed E-state index contributed by atoms with van der Waals surface area (Å²) in [6, 6.07) is 9.43. The van der Waals surface area contributed by atoms with Crippen LogP contribution in [0.15, 0.2) is 24.3 Å². The van der Waals surface area contributed by atoms with Gasteiger partial charge in [0.2, 0.25) is 0 Å². The Labute approximate surface area is 101 Å². The predicted molar refractivity (Wildman–Crippen MR) is 65.0 cm³/mol. The molecule has 0 spiro atoms. The zero-order valence-electron chi connectivity index (χ0n) is 9.69. The molecule has 0 heterocycles. The minimum absolute atomic E-state index is 0.222. The molecular weight excluding hydrogens is 216 g/mol. The summed E-state index contributed by atoms with van der Waals surface area (Å²) >= 11 is 0. The van der Waals surface area contributed by atoms with Crippen molar-refractivity contribution in [3.8, 4) is 6.07 Å². The van der Waals surface area contributed by atoms with Crippen LogP contribution >= 0.6 is 0 Å². The Morgan fingerprint density at radius 1 is 1.35 bits per heavy atom. The van der Waals surface area contributed by atoms with Crippen molar-refractivity contribution in [2.24, 2.45) is 0 Å². The monoisotopic (exact) mass is 232 g/mol. The van der Waals surface area contributed by atoms with E-state index in [9.17, 15) is 4.79 Å². The molecule has 0 aromatic heterocycles. The first-order valence-electron chi connectivity index (χ1n) is 5.59. The van der Waals surface area contributed by atoms with Crippen LogP contribution in [0.25, 0.3) is 0 Å². The molecule has 0 saturated carbocycles. The molecule has 0 atom stereocenters. The number of hydrogen-bond acceptors (Lipinski definition) is 4. The highest BCUT2D eigenvalue weighted by atomic mass is 16.5. The Hall–Kier alpha value is -2.02. The molecule has 0 saturated heterocycles. The van der Waals surface area contributed by atoms with E-state index in [4.69, 9.17) is 15.7 Å². The summed E-state index contributed by atoms with van der Waals surface area (Å²) in [5, 5.41) is 8.31. The van der Waals surface area contributed by atoms with E-state index in [2.05, 4.69) is 0 Å². The number of nitrogen functional groups attached to an aromatic ring is 1. The fourth-order valence-electron chi connectivity index (χ4n) is 1.34. The number of carbonyl (C=O) groups excluding carboxylic acids is 1. The maximum absolute atomic E-state index is 11.3. The van der Waals surface area contributed by atoms with E-state index in [1.54, 1.807) is 0 Å². The van der Waals surface area contributed by atoms with Gasteiger partial charge in [-0.05, 0) is 30.5 Å². The van der Waals surface area contributed by atoms with Gasteiger partial charge in [-0.2, -0.15) is 5.26 Å². The normalized spacial score (nSPS) is 9.59. The lowest BCUT2D eigenvalue weighted by Crippen LogP contribution is -2.07. The van der Waals surface area contributed by atoms with E-state index < -0.39 is 0 Å². The SMILES string of the molecule is N#CCCCOC(=O)CCc1ccc(N)cc1. The van der Waals surface area contributed by atoms with Crippen molar-refractivity contribution in [3.63, 3.8) is 0 Å². The minimum atomic E-state index is -0.222. The first-order chi connectivity index (χ1) is 8.22. The predicted octanol–water partition coefficient (Wildman–Crippen LogP) is 2.05. The van der Waals surface area contributed by atoms with Crippen LogP contribution in [0.1, 0.15) is 24.8 Å². The number of rotatable bonds is 6. The third-order valence-corrected chi connectivity index (χ3v) is 2.29. The number of nitrogens with two attached hydrogens (primary N) is 1. The Morgan fingerprint density at radius 3 is 2.71 bits per heavy atom. The highest BCUT2D eigenvalue weighted by Gasteiger charge is 2.03. The molecule has 90 valence electrons. The molecule has 0 amide bonds. The standard InChI is InChI=1S/C13H16N2O2/c14-9-1-2-10-17-13(16)8-5-11-3-6-12(15)7-4-11/h3-4,6-7H,1-2,5,8,10,15H2. The van der Waals surface area contributed by atoms with E-state index in [0.717, 1.165) is 5.56 Å². The maximum Gasteiger partial charge on any atom is 0.306 e. The van der Waals surface area contributed by atoms with Gasteiger partial charge in [0.05, 0.1) is 12.7 Å². The van der Waals surface area contributed by atoms with Crippen LogP contribution in [0, 0.1) is 11.3 Å². The van der Waals surface area contributed by atoms with E-state index in [-0.39, 0.29) is 5.97 Å². The van der Waals surface area contributed by atoms with Crippen LogP contribution in [0.4, 0.5) is 5.69 Å². The lowest BCUT2D eigenvalue weighted by molar-refractivity contribution is -0.143. The Kier molecular flexibility index (Phi) is 5.59. The summed E-state index contributed by atoms with van der Waals surface area (Å²) < 4.78 is 4.97. The van der Waals surface area contributed by atoms with Gasteiger partial charge in [-0.3, -0.25) is 4.79 Å². The molecule has 17 heavy (non-hydrogen) atoms.